The van der Waals surface area contributed by atoms with Crippen molar-refractivity contribution < 1.29 is 27.0 Å². The highest BCUT2D eigenvalue weighted by atomic mass is 32.2. The molecule has 0 spiro atoms. The molecule has 0 bridgehead atoms. The van der Waals surface area contributed by atoms with Crippen molar-refractivity contribution in [1.82, 2.24) is 19.9 Å². The average Bonchev–Trinajstić information content (AvgIpc) is 3.14. The van der Waals surface area contributed by atoms with Crippen molar-refractivity contribution in [2.24, 2.45) is 0 Å². The van der Waals surface area contributed by atoms with E-state index in [0.717, 1.165) is 14.1 Å². The highest BCUT2D eigenvalue weighted by Crippen LogP contribution is 2.42. The molecule has 158 valence electrons. The predicted molar refractivity (Wildman–Crippen MR) is 105 cm³/mol. The number of nitrogens with one attached hydrogen (secondary N) is 1. The first-order chi connectivity index (χ1) is 14.2. The van der Waals surface area contributed by atoms with E-state index in [1.54, 1.807) is 30.3 Å². The summed E-state index contributed by atoms with van der Waals surface area (Å²) in [5.41, 5.74) is 1.77. The smallest absolute Gasteiger partial charge is 0.361 e. The number of rotatable bonds is 7. The van der Waals surface area contributed by atoms with Crippen LogP contribution in [0.2, 0.25) is 0 Å². The SMILES string of the molecule is Cc1onc(-c2ccccc2)c1C(F)(ONC(=O)c1cccnc1)S(=O)(=O)N(C)C. The van der Waals surface area contributed by atoms with Crippen LogP contribution in [0.3, 0.4) is 0 Å². The number of amides is 1. The molecule has 1 N–H and O–H groups in total. The zero-order valence-corrected chi connectivity index (χ0v) is 17.2. The zero-order valence-electron chi connectivity index (χ0n) is 16.4. The molecular formula is C19H19FN4O5S. The number of alkyl halides is 1. The van der Waals surface area contributed by atoms with Gasteiger partial charge < -0.3 is 4.52 Å². The number of halogens is 1. The molecule has 0 aliphatic carbocycles. The molecule has 0 fully saturated rings. The lowest BCUT2D eigenvalue weighted by molar-refractivity contribution is -0.126. The number of hydrogen-bond donors (Lipinski definition) is 1. The molecule has 2 aromatic heterocycles. The molecule has 11 heteroatoms. The van der Waals surface area contributed by atoms with Gasteiger partial charge in [0.25, 0.3) is 15.9 Å². The quantitative estimate of drug-likeness (QED) is 0.568. The lowest BCUT2D eigenvalue weighted by atomic mass is 10.1. The summed E-state index contributed by atoms with van der Waals surface area (Å²) < 4.78 is 47.9. The van der Waals surface area contributed by atoms with E-state index < -0.39 is 26.7 Å². The Morgan fingerprint density at radius 3 is 2.50 bits per heavy atom. The van der Waals surface area contributed by atoms with Crippen molar-refractivity contribution in [1.29, 1.82) is 0 Å². The molecule has 0 aliphatic rings. The van der Waals surface area contributed by atoms with Gasteiger partial charge in [0.05, 0.1) is 5.56 Å². The van der Waals surface area contributed by atoms with Gasteiger partial charge in [-0.2, -0.15) is 4.39 Å². The molecule has 3 aromatic rings. The third kappa shape index (κ3) is 3.82. The molecule has 0 radical (unpaired) electrons. The molecule has 9 nitrogen and oxygen atoms in total. The van der Waals surface area contributed by atoms with Crippen molar-refractivity contribution in [2.45, 2.75) is 12.1 Å². The second-order valence-corrected chi connectivity index (χ2v) is 8.63. The standard InChI is InChI=1S/C19H19FN4O5S/c1-13-16(17(22-28-13)14-8-5-4-6-9-14)19(20,30(26,27)24(2)3)29-23-18(25)15-10-7-11-21-12-15/h4-12H,1-3H3,(H,23,25). The maximum absolute atomic E-state index is 16.3. The van der Waals surface area contributed by atoms with Crippen molar-refractivity contribution in [3.8, 4) is 11.3 Å². The number of pyridine rings is 1. The number of nitrogens with zero attached hydrogens (tertiary/aromatic N) is 3. The Bertz CT molecular complexity index is 1140. The van der Waals surface area contributed by atoms with E-state index in [-0.39, 0.29) is 17.0 Å². The Balaban J connectivity index is 2.09. The summed E-state index contributed by atoms with van der Waals surface area (Å²) >= 11 is 0. The van der Waals surface area contributed by atoms with Crippen molar-refractivity contribution in [2.75, 3.05) is 14.1 Å². The van der Waals surface area contributed by atoms with Gasteiger partial charge in [0.15, 0.2) is 0 Å². The third-order valence-electron chi connectivity index (χ3n) is 4.22. The number of sulfonamides is 1. The van der Waals surface area contributed by atoms with Crippen LogP contribution in [-0.4, -0.2) is 42.9 Å². The van der Waals surface area contributed by atoms with Crippen molar-refractivity contribution >= 4 is 15.9 Å². The first-order valence-corrected chi connectivity index (χ1v) is 10.1. The third-order valence-corrected chi connectivity index (χ3v) is 6.13. The number of aryl methyl sites for hydroxylation is 1. The van der Waals surface area contributed by atoms with Crippen LogP contribution in [0, 0.1) is 6.92 Å². The Labute approximate surface area is 172 Å². The number of carbonyl (C=O) groups excluding carboxylic acids is 1. The highest BCUT2D eigenvalue weighted by molar-refractivity contribution is 7.89. The van der Waals surface area contributed by atoms with Crippen LogP contribution in [0.4, 0.5) is 4.39 Å². The van der Waals surface area contributed by atoms with E-state index in [0.29, 0.717) is 9.87 Å². The monoisotopic (exact) mass is 434 g/mol. The molecule has 3 rings (SSSR count). The van der Waals surface area contributed by atoms with Gasteiger partial charge in [0, 0.05) is 32.1 Å². The summed E-state index contributed by atoms with van der Waals surface area (Å²) in [6.45, 7) is 1.35. The van der Waals surface area contributed by atoms with E-state index in [4.69, 9.17) is 9.36 Å². The minimum atomic E-state index is -4.78. The lowest BCUT2D eigenvalue weighted by Gasteiger charge is -2.27. The molecule has 1 atom stereocenters. The molecule has 2 heterocycles. The topological polar surface area (TPSA) is 115 Å². The van der Waals surface area contributed by atoms with Crippen LogP contribution >= 0.6 is 0 Å². The van der Waals surface area contributed by atoms with Gasteiger partial charge in [-0.25, -0.2) is 23.0 Å². The predicted octanol–water partition coefficient (Wildman–Crippen LogP) is 2.38. The van der Waals surface area contributed by atoms with Crippen LogP contribution in [0.15, 0.2) is 59.4 Å². The first kappa shape index (κ1) is 21.6. The van der Waals surface area contributed by atoms with Gasteiger partial charge in [-0.1, -0.05) is 35.5 Å². The van der Waals surface area contributed by atoms with Crippen molar-refractivity contribution in [3.63, 3.8) is 0 Å². The number of hydrogen-bond acceptors (Lipinski definition) is 7. The van der Waals surface area contributed by atoms with E-state index in [1.807, 2.05) is 5.48 Å². The molecular weight excluding hydrogens is 415 g/mol. The van der Waals surface area contributed by atoms with Gasteiger partial charge in [0.2, 0.25) is 0 Å². The molecule has 30 heavy (non-hydrogen) atoms. The Hall–Kier alpha value is -3.15. The molecule has 1 aromatic carbocycles. The number of benzene rings is 1. The second kappa shape index (κ2) is 8.30. The summed E-state index contributed by atoms with van der Waals surface area (Å²) in [4.78, 5) is 21.0. The van der Waals surface area contributed by atoms with E-state index in [9.17, 15) is 13.2 Å². The molecule has 1 unspecified atom stereocenters. The van der Waals surface area contributed by atoms with Crippen molar-refractivity contribution in [3.05, 3.63) is 71.7 Å². The first-order valence-electron chi connectivity index (χ1n) is 8.70. The molecule has 0 saturated heterocycles. The van der Waals surface area contributed by atoms with Gasteiger partial charge in [0.1, 0.15) is 17.0 Å². The maximum atomic E-state index is 16.3. The van der Waals surface area contributed by atoms with Crippen LogP contribution in [0.25, 0.3) is 11.3 Å². The van der Waals surface area contributed by atoms with Crippen LogP contribution < -0.4 is 5.48 Å². The second-order valence-electron chi connectivity index (χ2n) is 6.43. The summed E-state index contributed by atoms with van der Waals surface area (Å²) in [7, 11) is -2.50. The lowest BCUT2D eigenvalue weighted by Crippen LogP contribution is -2.46. The Morgan fingerprint density at radius 2 is 1.90 bits per heavy atom. The van der Waals surface area contributed by atoms with Crippen LogP contribution in [0.5, 0.6) is 0 Å². The number of carbonyl (C=O) groups is 1. The van der Waals surface area contributed by atoms with E-state index in [2.05, 4.69) is 10.1 Å². The average molecular weight is 434 g/mol. The summed E-state index contributed by atoms with van der Waals surface area (Å²) in [5.74, 6) is -1.01. The molecule has 1 amide bonds. The Morgan fingerprint density at radius 1 is 1.20 bits per heavy atom. The number of hydroxylamine groups is 1. The van der Waals surface area contributed by atoms with Crippen LogP contribution in [-0.2, 0) is 20.0 Å². The summed E-state index contributed by atoms with van der Waals surface area (Å²) in [6.07, 6.45) is 2.67. The maximum Gasteiger partial charge on any atom is 0.376 e. The normalized spacial score (nSPS) is 13.8. The fourth-order valence-corrected chi connectivity index (χ4v) is 3.77. The fourth-order valence-electron chi connectivity index (χ4n) is 2.65. The molecule has 0 saturated carbocycles. The molecule has 0 aliphatic heterocycles. The minimum Gasteiger partial charge on any atom is -0.361 e. The van der Waals surface area contributed by atoms with Gasteiger partial charge in [-0.05, 0) is 19.1 Å². The summed E-state index contributed by atoms with van der Waals surface area (Å²) in [5, 5.41) is 0.285. The van der Waals surface area contributed by atoms with E-state index in [1.165, 1.54) is 31.5 Å². The van der Waals surface area contributed by atoms with Crippen LogP contribution in [0.1, 0.15) is 21.7 Å². The zero-order chi connectivity index (χ0) is 21.9. The number of aromatic nitrogens is 2. The minimum absolute atomic E-state index is 0.0485. The Kier molecular flexibility index (Phi) is 5.97. The highest BCUT2D eigenvalue weighted by Gasteiger charge is 2.55. The van der Waals surface area contributed by atoms with E-state index >= 15 is 4.39 Å². The summed E-state index contributed by atoms with van der Waals surface area (Å²) in [6, 6.07) is 11.2. The van der Waals surface area contributed by atoms with Gasteiger partial charge >= 0.3 is 5.19 Å². The van der Waals surface area contributed by atoms with Gasteiger partial charge in [-0.15, -0.1) is 0 Å². The van der Waals surface area contributed by atoms with Gasteiger partial charge in [-0.3, -0.25) is 9.78 Å². The fraction of sp³-hybridized carbons (Fsp3) is 0.211. The largest absolute Gasteiger partial charge is 0.376 e.